The molecule has 0 saturated carbocycles. The SMILES string of the molecule is CCc1cc(N2CCCN(Cc3cccnc3)CC2)c2nncn2n1. The molecule has 0 spiro atoms. The number of fused-ring (bicyclic) bond motifs is 1. The van der Waals surface area contributed by atoms with Gasteiger partial charge in [-0.25, -0.2) is 0 Å². The summed E-state index contributed by atoms with van der Waals surface area (Å²) >= 11 is 0. The lowest BCUT2D eigenvalue weighted by atomic mass is 10.2. The molecule has 25 heavy (non-hydrogen) atoms. The fourth-order valence-corrected chi connectivity index (χ4v) is 3.39. The summed E-state index contributed by atoms with van der Waals surface area (Å²) in [5.74, 6) is 0. The van der Waals surface area contributed by atoms with Crippen LogP contribution in [-0.4, -0.2) is 55.9 Å². The topological polar surface area (TPSA) is 62.5 Å². The maximum absolute atomic E-state index is 4.55. The minimum absolute atomic E-state index is 0.845. The maximum Gasteiger partial charge on any atom is 0.200 e. The first-order valence-electron chi connectivity index (χ1n) is 8.89. The van der Waals surface area contributed by atoms with Crippen LogP contribution in [0.25, 0.3) is 5.65 Å². The Kier molecular flexibility index (Phi) is 4.56. The van der Waals surface area contributed by atoms with Crippen LogP contribution < -0.4 is 4.90 Å². The lowest BCUT2D eigenvalue weighted by Crippen LogP contribution is -2.31. The number of anilines is 1. The highest BCUT2D eigenvalue weighted by Gasteiger charge is 2.19. The van der Waals surface area contributed by atoms with Crippen LogP contribution in [0.15, 0.2) is 36.9 Å². The Balaban J connectivity index is 1.52. The summed E-state index contributed by atoms with van der Waals surface area (Å²) in [6, 6.07) is 6.32. The van der Waals surface area contributed by atoms with Gasteiger partial charge in [0.1, 0.15) is 6.33 Å². The smallest absolute Gasteiger partial charge is 0.200 e. The number of hydrogen-bond donors (Lipinski definition) is 0. The third-order valence-electron chi connectivity index (χ3n) is 4.72. The molecule has 0 atom stereocenters. The zero-order valence-corrected chi connectivity index (χ0v) is 14.5. The Hall–Kier alpha value is -2.54. The maximum atomic E-state index is 4.55. The van der Waals surface area contributed by atoms with Crippen LogP contribution in [0.2, 0.25) is 0 Å². The molecule has 1 aliphatic heterocycles. The summed E-state index contributed by atoms with van der Waals surface area (Å²) in [5.41, 5.74) is 4.33. The Labute approximate surface area is 147 Å². The second-order valence-corrected chi connectivity index (χ2v) is 6.45. The lowest BCUT2D eigenvalue weighted by Gasteiger charge is -2.24. The van der Waals surface area contributed by atoms with Gasteiger partial charge >= 0.3 is 0 Å². The van der Waals surface area contributed by atoms with E-state index in [0.717, 1.165) is 62.6 Å². The van der Waals surface area contributed by atoms with Gasteiger partial charge in [-0.2, -0.15) is 9.61 Å². The van der Waals surface area contributed by atoms with E-state index in [9.17, 15) is 0 Å². The van der Waals surface area contributed by atoms with Crippen LogP contribution in [-0.2, 0) is 13.0 Å². The molecule has 1 saturated heterocycles. The van der Waals surface area contributed by atoms with Crippen molar-refractivity contribution < 1.29 is 0 Å². The first-order chi connectivity index (χ1) is 12.3. The van der Waals surface area contributed by atoms with Crippen LogP contribution in [0.5, 0.6) is 0 Å². The molecule has 0 aromatic carbocycles. The van der Waals surface area contributed by atoms with Gasteiger partial charge in [0.25, 0.3) is 0 Å². The molecule has 1 aliphatic rings. The van der Waals surface area contributed by atoms with E-state index >= 15 is 0 Å². The van der Waals surface area contributed by atoms with Gasteiger partial charge in [-0.15, -0.1) is 10.2 Å². The number of aromatic nitrogens is 5. The largest absolute Gasteiger partial charge is 0.367 e. The zero-order valence-electron chi connectivity index (χ0n) is 14.5. The van der Waals surface area contributed by atoms with Gasteiger partial charge < -0.3 is 4.90 Å². The van der Waals surface area contributed by atoms with Crippen LogP contribution in [0.3, 0.4) is 0 Å². The monoisotopic (exact) mass is 337 g/mol. The average molecular weight is 337 g/mol. The van der Waals surface area contributed by atoms with E-state index in [2.05, 4.69) is 49.1 Å². The molecule has 0 radical (unpaired) electrons. The van der Waals surface area contributed by atoms with Gasteiger partial charge in [-0.3, -0.25) is 9.88 Å². The van der Waals surface area contributed by atoms with Gasteiger partial charge in [0.15, 0.2) is 0 Å². The molecule has 3 aromatic rings. The van der Waals surface area contributed by atoms with Crippen molar-refractivity contribution in [2.75, 3.05) is 31.1 Å². The van der Waals surface area contributed by atoms with Crippen molar-refractivity contribution >= 4 is 11.3 Å². The molecular weight excluding hydrogens is 314 g/mol. The summed E-state index contributed by atoms with van der Waals surface area (Å²) in [4.78, 5) is 9.15. The molecule has 4 heterocycles. The highest BCUT2D eigenvalue weighted by Crippen LogP contribution is 2.22. The third-order valence-corrected chi connectivity index (χ3v) is 4.72. The normalized spacial score (nSPS) is 16.3. The first-order valence-corrected chi connectivity index (χ1v) is 8.89. The van der Waals surface area contributed by atoms with Crippen molar-refractivity contribution in [3.05, 3.63) is 48.2 Å². The molecule has 0 bridgehead atoms. The van der Waals surface area contributed by atoms with E-state index in [1.165, 1.54) is 5.56 Å². The summed E-state index contributed by atoms with van der Waals surface area (Å²) in [5, 5.41) is 12.9. The number of hydrogen-bond acceptors (Lipinski definition) is 6. The highest BCUT2D eigenvalue weighted by atomic mass is 15.4. The van der Waals surface area contributed by atoms with Crippen LogP contribution in [0.1, 0.15) is 24.6 Å². The van der Waals surface area contributed by atoms with Crippen molar-refractivity contribution in [3.8, 4) is 0 Å². The van der Waals surface area contributed by atoms with Crippen LogP contribution in [0.4, 0.5) is 5.69 Å². The number of nitrogens with zero attached hydrogens (tertiary/aromatic N) is 7. The van der Waals surface area contributed by atoms with Crippen molar-refractivity contribution in [2.24, 2.45) is 0 Å². The molecule has 0 amide bonds. The summed E-state index contributed by atoms with van der Waals surface area (Å²) in [7, 11) is 0. The Morgan fingerprint density at radius 2 is 2.12 bits per heavy atom. The Morgan fingerprint density at radius 1 is 1.16 bits per heavy atom. The second kappa shape index (κ2) is 7.14. The quantitative estimate of drug-likeness (QED) is 0.723. The molecule has 7 nitrogen and oxygen atoms in total. The van der Waals surface area contributed by atoms with Gasteiger partial charge in [-0.05, 0) is 30.5 Å². The van der Waals surface area contributed by atoms with Gasteiger partial charge in [-0.1, -0.05) is 13.0 Å². The number of rotatable bonds is 4. The molecule has 7 heteroatoms. The van der Waals surface area contributed by atoms with E-state index in [4.69, 9.17) is 0 Å². The zero-order chi connectivity index (χ0) is 17.1. The van der Waals surface area contributed by atoms with Crippen molar-refractivity contribution in [1.82, 2.24) is 29.7 Å². The summed E-state index contributed by atoms with van der Waals surface area (Å²) < 4.78 is 1.80. The van der Waals surface area contributed by atoms with E-state index in [-0.39, 0.29) is 0 Å². The van der Waals surface area contributed by atoms with Gasteiger partial charge in [0.2, 0.25) is 5.65 Å². The van der Waals surface area contributed by atoms with Crippen LogP contribution >= 0.6 is 0 Å². The van der Waals surface area contributed by atoms with Gasteiger partial charge in [0.05, 0.1) is 11.4 Å². The van der Waals surface area contributed by atoms with Crippen molar-refractivity contribution in [2.45, 2.75) is 26.3 Å². The number of pyridine rings is 1. The second-order valence-electron chi connectivity index (χ2n) is 6.45. The number of aryl methyl sites for hydroxylation is 1. The van der Waals surface area contributed by atoms with Crippen molar-refractivity contribution in [3.63, 3.8) is 0 Å². The van der Waals surface area contributed by atoms with E-state index in [0.29, 0.717) is 0 Å². The van der Waals surface area contributed by atoms with Gasteiger partial charge in [0, 0.05) is 45.1 Å². The standard InChI is InChI=1S/C18H23N7/c1-2-16-11-17(18-21-20-14-25(18)22-16)24-8-4-7-23(9-10-24)13-15-5-3-6-19-12-15/h3,5-6,11-12,14H,2,4,7-10,13H2,1H3. The van der Waals surface area contributed by atoms with E-state index in [1.54, 1.807) is 10.8 Å². The summed E-state index contributed by atoms with van der Waals surface area (Å²) in [6.45, 7) is 7.22. The van der Waals surface area contributed by atoms with Crippen LogP contribution in [0, 0.1) is 0 Å². The highest BCUT2D eigenvalue weighted by molar-refractivity contribution is 5.68. The minimum Gasteiger partial charge on any atom is -0.367 e. The van der Waals surface area contributed by atoms with E-state index in [1.807, 2.05) is 18.5 Å². The lowest BCUT2D eigenvalue weighted by molar-refractivity contribution is 0.285. The average Bonchev–Trinajstić information content (AvgIpc) is 3.01. The molecule has 1 fully saturated rings. The molecule has 0 N–H and O–H groups in total. The Bertz CT molecular complexity index is 830. The predicted octanol–water partition coefficient (Wildman–Crippen LogP) is 1.79. The fourth-order valence-electron chi connectivity index (χ4n) is 3.39. The van der Waals surface area contributed by atoms with Crippen molar-refractivity contribution in [1.29, 1.82) is 0 Å². The molecular formula is C18H23N7. The third kappa shape index (κ3) is 3.46. The molecule has 0 unspecified atom stereocenters. The molecule has 4 rings (SSSR count). The molecule has 3 aromatic heterocycles. The molecule has 130 valence electrons. The first kappa shape index (κ1) is 16.0. The fraction of sp³-hybridized carbons (Fsp3) is 0.444. The molecule has 0 aliphatic carbocycles. The predicted molar refractivity (Wildman–Crippen MR) is 96.5 cm³/mol. The van der Waals surface area contributed by atoms with E-state index < -0.39 is 0 Å². The summed E-state index contributed by atoms with van der Waals surface area (Å²) in [6.07, 6.45) is 7.50. The minimum atomic E-state index is 0.845. The Morgan fingerprint density at radius 3 is 2.96 bits per heavy atom.